The van der Waals surface area contributed by atoms with E-state index >= 15 is 0 Å². The Morgan fingerprint density at radius 2 is 2.07 bits per heavy atom. The second-order valence-electron chi connectivity index (χ2n) is 5.93. The predicted molar refractivity (Wildman–Crippen MR) is 103 cm³/mol. The summed E-state index contributed by atoms with van der Waals surface area (Å²) in [6, 6.07) is 8.35. The Hall–Kier alpha value is -2.78. The van der Waals surface area contributed by atoms with Crippen molar-refractivity contribution in [2.75, 3.05) is 5.32 Å². The van der Waals surface area contributed by atoms with Crippen LogP contribution in [0.25, 0.3) is 10.7 Å². The average Bonchev–Trinajstić information content (AvgIpc) is 3.32. The summed E-state index contributed by atoms with van der Waals surface area (Å²) in [4.78, 5) is 0. The Morgan fingerprint density at radius 1 is 1.22 bits per heavy atom. The lowest BCUT2D eigenvalue weighted by atomic mass is 10.2. The second kappa shape index (κ2) is 7.09. The van der Waals surface area contributed by atoms with Crippen molar-refractivity contribution in [2.45, 2.75) is 13.5 Å². The predicted octanol–water partition coefficient (Wildman–Crippen LogP) is 4.03. The molecular weight excluding hydrogens is 389 g/mol. The van der Waals surface area contributed by atoms with Gasteiger partial charge >= 0.3 is 0 Å². The van der Waals surface area contributed by atoms with E-state index in [9.17, 15) is 4.39 Å². The minimum Gasteiger partial charge on any atom is -0.313 e. The lowest BCUT2D eigenvalue weighted by Crippen LogP contribution is -2.04. The van der Waals surface area contributed by atoms with Crippen LogP contribution in [0.1, 0.15) is 11.3 Å². The van der Waals surface area contributed by atoms with E-state index in [1.165, 1.54) is 17.4 Å². The molecule has 0 amide bonds. The van der Waals surface area contributed by atoms with Crippen molar-refractivity contribution in [1.29, 1.82) is 0 Å². The first-order valence-corrected chi connectivity index (χ1v) is 9.27. The molecule has 0 aliphatic rings. The quantitative estimate of drug-likeness (QED) is 0.544. The van der Waals surface area contributed by atoms with E-state index in [1.54, 1.807) is 33.8 Å². The summed E-state index contributed by atoms with van der Waals surface area (Å²) >= 11 is 7.47. The maximum absolute atomic E-state index is 13.9. The maximum Gasteiger partial charge on any atom is 0.211 e. The lowest BCUT2D eigenvalue weighted by Gasteiger charge is -2.05. The number of benzene rings is 1. The van der Waals surface area contributed by atoms with Crippen LogP contribution >= 0.6 is 22.9 Å². The van der Waals surface area contributed by atoms with E-state index in [1.807, 2.05) is 20.0 Å². The third-order valence-electron chi connectivity index (χ3n) is 3.90. The van der Waals surface area contributed by atoms with Gasteiger partial charge < -0.3 is 5.32 Å². The zero-order valence-electron chi connectivity index (χ0n) is 14.5. The number of nitrogens with zero attached hydrogens (tertiary/aromatic N) is 6. The first kappa shape index (κ1) is 17.6. The fraction of sp³-hybridized carbons (Fsp3) is 0.176. The Morgan fingerprint density at radius 3 is 2.81 bits per heavy atom. The highest BCUT2D eigenvalue weighted by Gasteiger charge is 2.13. The highest BCUT2D eigenvalue weighted by atomic mass is 35.5. The highest BCUT2D eigenvalue weighted by molar-refractivity contribution is 7.18. The molecule has 0 saturated carbocycles. The molecule has 0 radical (unpaired) electrons. The van der Waals surface area contributed by atoms with Crippen molar-refractivity contribution in [3.63, 3.8) is 0 Å². The van der Waals surface area contributed by atoms with Gasteiger partial charge in [-0.05, 0) is 25.1 Å². The summed E-state index contributed by atoms with van der Waals surface area (Å²) in [5.74, 6) is 0.235. The first-order chi connectivity index (χ1) is 13.0. The molecule has 4 rings (SSSR count). The van der Waals surface area contributed by atoms with Gasteiger partial charge in [-0.1, -0.05) is 29.0 Å². The van der Waals surface area contributed by atoms with Crippen LogP contribution in [0.4, 0.5) is 15.3 Å². The Balaban J connectivity index is 1.49. The molecule has 3 heterocycles. The molecule has 10 heteroatoms. The molecule has 1 aromatic carbocycles. The normalized spacial score (nSPS) is 11.1. The highest BCUT2D eigenvalue weighted by Crippen LogP contribution is 2.28. The van der Waals surface area contributed by atoms with E-state index in [0.717, 1.165) is 16.4 Å². The third-order valence-corrected chi connectivity index (χ3v) is 5.12. The molecule has 4 aromatic rings. The first-order valence-electron chi connectivity index (χ1n) is 8.07. The molecule has 0 aliphatic carbocycles. The fourth-order valence-electron chi connectivity index (χ4n) is 2.66. The Bertz CT molecular complexity index is 1080. The van der Waals surface area contributed by atoms with Gasteiger partial charge in [0, 0.05) is 29.9 Å². The van der Waals surface area contributed by atoms with Crippen molar-refractivity contribution in [1.82, 2.24) is 29.8 Å². The van der Waals surface area contributed by atoms with Crippen LogP contribution in [-0.2, 0) is 13.6 Å². The summed E-state index contributed by atoms with van der Waals surface area (Å²) in [5.41, 5.74) is 2.22. The number of halogens is 2. The fourth-order valence-corrected chi connectivity index (χ4v) is 3.68. The van der Waals surface area contributed by atoms with Gasteiger partial charge in [0.25, 0.3) is 0 Å². The van der Waals surface area contributed by atoms with Crippen molar-refractivity contribution >= 4 is 33.9 Å². The van der Waals surface area contributed by atoms with Crippen LogP contribution in [-0.4, -0.2) is 29.8 Å². The van der Waals surface area contributed by atoms with Crippen LogP contribution in [0.3, 0.4) is 0 Å². The lowest BCUT2D eigenvalue weighted by molar-refractivity contribution is 0.586. The van der Waals surface area contributed by atoms with Gasteiger partial charge in [-0.15, -0.1) is 10.2 Å². The summed E-state index contributed by atoms with van der Waals surface area (Å²) in [6.45, 7) is 2.17. The molecule has 0 saturated heterocycles. The largest absolute Gasteiger partial charge is 0.313 e. The van der Waals surface area contributed by atoms with Gasteiger partial charge in [0.1, 0.15) is 5.82 Å². The third kappa shape index (κ3) is 3.69. The van der Waals surface area contributed by atoms with E-state index in [2.05, 4.69) is 25.7 Å². The number of anilines is 2. The molecule has 0 bridgehead atoms. The SMILES string of the molecule is Cc1cc(-c2nnc(Nc3ccn(Cc4c(F)cccc4Cl)n3)s2)n(C)n1. The van der Waals surface area contributed by atoms with Crippen LogP contribution in [0.5, 0.6) is 0 Å². The smallest absolute Gasteiger partial charge is 0.211 e. The Labute approximate surface area is 163 Å². The standard InChI is InChI=1S/C17H15ClFN7S/c1-10-8-14(25(2)23-10)16-21-22-17(27-16)20-15-6-7-26(24-15)9-11-12(18)4-3-5-13(11)19/h3-8H,9H2,1-2H3,(H,20,22,24). The Kier molecular flexibility index (Phi) is 4.63. The van der Waals surface area contributed by atoms with E-state index in [-0.39, 0.29) is 12.4 Å². The van der Waals surface area contributed by atoms with E-state index < -0.39 is 0 Å². The van der Waals surface area contributed by atoms with Gasteiger partial charge in [0.2, 0.25) is 5.13 Å². The minimum atomic E-state index is -0.354. The minimum absolute atomic E-state index is 0.239. The van der Waals surface area contributed by atoms with Crippen molar-refractivity contribution in [2.24, 2.45) is 7.05 Å². The van der Waals surface area contributed by atoms with Crippen LogP contribution < -0.4 is 5.32 Å². The van der Waals surface area contributed by atoms with E-state index in [4.69, 9.17) is 11.6 Å². The number of aryl methyl sites for hydroxylation is 2. The summed E-state index contributed by atoms with van der Waals surface area (Å²) in [7, 11) is 1.87. The number of rotatable bonds is 5. The molecule has 1 N–H and O–H groups in total. The number of hydrogen-bond donors (Lipinski definition) is 1. The molecule has 0 unspecified atom stereocenters. The van der Waals surface area contributed by atoms with Gasteiger partial charge in [-0.2, -0.15) is 10.2 Å². The number of nitrogens with one attached hydrogen (secondary N) is 1. The monoisotopic (exact) mass is 403 g/mol. The molecule has 7 nitrogen and oxygen atoms in total. The van der Waals surface area contributed by atoms with Gasteiger partial charge in [0.05, 0.1) is 17.9 Å². The topological polar surface area (TPSA) is 73.5 Å². The summed E-state index contributed by atoms with van der Waals surface area (Å²) < 4.78 is 17.3. The van der Waals surface area contributed by atoms with Gasteiger partial charge in [0.15, 0.2) is 10.8 Å². The molecule has 0 atom stereocenters. The average molecular weight is 404 g/mol. The van der Waals surface area contributed by atoms with Gasteiger partial charge in [-0.3, -0.25) is 9.36 Å². The van der Waals surface area contributed by atoms with Crippen LogP contribution in [0, 0.1) is 12.7 Å². The van der Waals surface area contributed by atoms with Crippen molar-refractivity contribution in [3.8, 4) is 10.7 Å². The zero-order valence-corrected chi connectivity index (χ0v) is 16.1. The molecule has 138 valence electrons. The second-order valence-corrected chi connectivity index (χ2v) is 7.32. The zero-order chi connectivity index (χ0) is 19.0. The molecule has 0 spiro atoms. The maximum atomic E-state index is 13.9. The molecule has 0 aliphatic heterocycles. The number of aromatic nitrogens is 6. The van der Waals surface area contributed by atoms with Gasteiger partial charge in [-0.25, -0.2) is 4.39 Å². The van der Waals surface area contributed by atoms with Crippen molar-refractivity contribution in [3.05, 3.63) is 58.6 Å². The number of hydrogen-bond acceptors (Lipinski definition) is 6. The van der Waals surface area contributed by atoms with Crippen molar-refractivity contribution < 1.29 is 4.39 Å². The molecule has 0 fully saturated rings. The molecular formula is C17H15ClFN7S. The molecule has 3 aromatic heterocycles. The summed E-state index contributed by atoms with van der Waals surface area (Å²) in [5, 5.41) is 21.9. The van der Waals surface area contributed by atoms with Crippen LogP contribution in [0.15, 0.2) is 36.5 Å². The molecule has 27 heavy (non-hydrogen) atoms. The van der Waals surface area contributed by atoms with E-state index in [0.29, 0.717) is 21.5 Å². The summed E-state index contributed by atoms with van der Waals surface area (Å²) in [6.07, 6.45) is 1.75. The van der Waals surface area contributed by atoms with Crippen LogP contribution in [0.2, 0.25) is 5.02 Å².